The average molecular weight is 207 g/mol. The molecule has 0 aliphatic carbocycles. The van der Waals surface area contributed by atoms with E-state index in [1.165, 1.54) is 6.92 Å². The molecule has 0 amide bonds. The van der Waals surface area contributed by atoms with Crippen molar-refractivity contribution in [1.82, 2.24) is 0 Å². The standard InChI is InChI=1S/C10H10N2OS/c1-5-8(6(2)13)9(11)7-3-4-14-10(7)12-5/h3-4H,1-2H3,(H2,11,12)/p+1. The van der Waals surface area contributed by atoms with Crippen LogP contribution in [-0.2, 0) is 0 Å². The van der Waals surface area contributed by atoms with Gasteiger partial charge in [0.1, 0.15) is 5.56 Å². The molecule has 4 heteroatoms. The molecule has 3 nitrogen and oxygen atoms in total. The van der Waals surface area contributed by atoms with Crippen molar-refractivity contribution in [2.75, 3.05) is 5.73 Å². The number of carbonyl (C=O) groups excluding carboxylic acids is 1. The Morgan fingerprint density at radius 2 is 2.29 bits per heavy atom. The highest BCUT2D eigenvalue weighted by Crippen LogP contribution is 2.26. The Morgan fingerprint density at radius 3 is 2.93 bits per heavy atom. The Kier molecular flexibility index (Phi) is 2.00. The maximum absolute atomic E-state index is 11.4. The quantitative estimate of drug-likeness (QED) is 0.725. The van der Waals surface area contributed by atoms with Gasteiger partial charge in [-0.05, 0) is 18.4 Å². The SMILES string of the molecule is CC(=O)c1c(C)[nH+]c2sccc2c1N. The Labute approximate surface area is 85.6 Å². The minimum absolute atomic E-state index is 0.00403. The van der Waals surface area contributed by atoms with E-state index in [1.807, 2.05) is 18.4 Å². The first-order chi connectivity index (χ1) is 6.61. The first-order valence-electron chi connectivity index (χ1n) is 4.30. The van der Waals surface area contributed by atoms with Gasteiger partial charge in [-0.3, -0.25) is 4.79 Å². The highest BCUT2D eigenvalue weighted by molar-refractivity contribution is 7.16. The lowest BCUT2D eigenvalue weighted by atomic mass is 10.1. The molecule has 0 aliphatic heterocycles. The molecule has 0 saturated heterocycles. The summed E-state index contributed by atoms with van der Waals surface area (Å²) in [6.45, 7) is 3.40. The summed E-state index contributed by atoms with van der Waals surface area (Å²) >= 11 is 1.59. The van der Waals surface area contributed by atoms with Crippen LogP contribution in [0.15, 0.2) is 11.4 Å². The number of Topliss-reactive ketones (excluding diaryl/α,β-unsaturated/α-hetero) is 1. The van der Waals surface area contributed by atoms with E-state index < -0.39 is 0 Å². The van der Waals surface area contributed by atoms with Gasteiger partial charge >= 0.3 is 0 Å². The Morgan fingerprint density at radius 1 is 1.57 bits per heavy atom. The number of pyridine rings is 1. The van der Waals surface area contributed by atoms with Crippen LogP contribution in [0.25, 0.3) is 10.2 Å². The summed E-state index contributed by atoms with van der Waals surface area (Å²) in [6.07, 6.45) is 0. The number of nitrogen functional groups attached to an aromatic ring is 1. The van der Waals surface area contributed by atoms with Crippen LogP contribution < -0.4 is 10.7 Å². The van der Waals surface area contributed by atoms with Gasteiger partial charge in [-0.2, -0.15) is 4.98 Å². The number of nitrogens with two attached hydrogens (primary N) is 1. The maximum atomic E-state index is 11.4. The number of aromatic nitrogens is 1. The van der Waals surface area contributed by atoms with Gasteiger partial charge in [0.2, 0.25) is 0 Å². The summed E-state index contributed by atoms with van der Waals surface area (Å²) in [6, 6.07) is 1.93. The smallest absolute Gasteiger partial charge is 0.269 e. The molecule has 2 heterocycles. The molecule has 2 aromatic heterocycles. The summed E-state index contributed by atoms with van der Waals surface area (Å²) in [5.74, 6) is 0.00403. The molecule has 0 saturated carbocycles. The first-order valence-corrected chi connectivity index (χ1v) is 5.18. The topological polar surface area (TPSA) is 57.2 Å². The minimum Gasteiger partial charge on any atom is -0.397 e. The van der Waals surface area contributed by atoms with Crippen LogP contribution in [0.5, 0.6) is 0 Å². The lowest BCUT2D eigenvalue weighted by molar-refractivity contribution is -0.351. The molecule has 3 N–H and O–H groups in total. The lowest BCUT2D eigenvalue weighted by Crippen LogP contribution is -2.15. The second-order valence-corrected chi connectivity index (χ2v) is 4.17. The van der Waals surface area contributed by atoms with E-state index in [0.29, 0.717) is 11.3 Å². The molecule has 0 unspecified atom stereocenters. The van der Waals surface area contributed by atoms with E-state index in [1.54, 1.807) is 11.3 Å². The van der Waals surface area contributed by atoms with Gasteiger partial charge in [-0.25, -0.2) is 0 Å². The fourth-order valence-corrected chi connectivity index (χ4v) is 2.50. The fraction of sp³-hybridized carbons (Fsp3) is 0.200. The average Bonchev–Trinajstić information content (AvgIpc) is 2.50. The monoisotopic (exact) mass is 207 g/mol. The summed E-state index contributed by atoms with van der Waals surface area (Å²) in [5.41, 5.74) is 7.96. The fourth-order valence-electron chi connectivity index (χ4n) is 1.64. The van der Waals surface area contributed by atoms with E-state index >= 15 is 0 Å². The van der Waals surface area contributed by atoms with Gasteiger partial charge < -0.3 is 5.73 Å². The molecule has 0 fully saturated rings. The molecule has 0 bridgehead atoms. The maximum Gasteiger partial charge on any atom is 0.269 e. The van der Waals surface area contributed by atoms with Gasteiger partial charge in [0.25, 0.3) is 4.83 Å². The first kappa shape index (κ1) is 9.15. The Hall–Kier alpha value is -1.42. The number of H-pyrrole nitrogens is 1. The molecule has 0 atom stereocenters. The summed E-state index contributed by atoms with van der Waals surface area (Å²) in [4.78, 5) is 15.6. The molecule has 0 aromatic carbocycles. The number of carbonyl (C=O) groups is 1. The van der Waals surface area contributed by atoms with Crippen molar-refractivity contribution in [3.8, 4) is 0 Å². The Balaban J connectivity index is 2.89. The molecule has 2 aromatic rings. The zero-order chi connectivity index (χ0) is 10.3. The molecule has 0 aliphatic rings. The van der Waals surface area contributed by atoms with Gasteiger partial charge in [-0.1, -0.05) is 11.3 Å². The molecule has 0 radical (unpaired) electrons. The molecular formula is C10H11N2OS+. The molecule has 0 spiro atoms. The van der Waals surface area contributed by atoms with Crippen molar-refractivity contribution in [1.29, 1.82) is 0 Å². The summed E-state index contributed by atoms with van der Waals surface area (Å²) in [5, 5.41) is 2.90. The number of ketones is 1. The van der Waals surface area contributed by atoms with Crippen molar-refractivity contribution in [3.05, 3.63) is 22.7 Å². The second-order valence-electron chi connectivity index (χ2n) is 3.26. The largest absolute Gasteiger partial charge is 0.397 e. The number of aryl methyl sites for hydroxylation is 1. The number of thiophene rings is 1. The molecule has 2 rings (SSSR count). The zero-order valence-corrected chi connectivity index (χ0v) is 8.87. The minimum atomic E-state index is 0.00403. The summed E-state index contributed by atoms with van der Waals surface area (Å²) < 4.78 is 0. The van der Waals surface area contributed by atoms with Gasteiger partial charge in [0.15, 0.2) is 11.5 Å². The number of fused-ring (bicyclic) bond motifs is 1. The highest BCUT2D eigenvalue weighted by Gasteiger charge is 2.18. The van der Waals surface area contributed by atoms with E-state index in [-0.39, 0.29) is 5.78 Å². The van der Waals surface area contributed by atoms with E-state index in [2.05, 4.69) is 4.98 Å². The van der Waals surface area contributed by atoms with Crippen molar-refractivity contribution in [2.24, 2.45) is 0 Å². The van der Waals surface area contributed by atoms with E-state index in [4.69, 9.17) is 5.73 Å². The van der Waals surface area contributed by atoms with Crippen LogP contribution >= 0.6 is 11.3 Å². The van der Waals surface area contributed by atoms with Crippen LogP contribution in [0.2, 0.25) is 0 Å². The number of hydrogen-bond donors (Lipinski definition) is 1. The van der Waals surface area contributed by atoms with Crippen LogP contribution in [0.4, 0.5) is 5.69 Å². The molecular weight excluding hydrogens is 196 g/mol. The van der Waals surface area contributed by atoms with Crippen molar-refractivity contribution >= 4 is 33.0 Å². The van der Waals surface area contributed by atoms with Crippen LogP contribution in [0, 0.1) is 6.92 Å². The lowest BCUT2D eigenvalue weighted by Gasteiger charge is -2.01. The van der Waals surface area contributed by atoms with Crippen molar-refractivity contribution in [3.63, 3.8) is 0 Å². The molecule has 14 heavy (non-hydrogen) atoms. The Bertz CT molecular complexity index is 516. The van der Waals surface area contributed by atoms with Crippen LogP contribution in [0.1, 0.15) is 23.0 Å². The second kappa shape index (κ2) is 3.06. The molecule has 72 valence electrons. The summed E-state index contributed by atoms with van der Waals surface area (Å²) in [7, 11) is 0. The zero-order valence-electron chi connectivity index (χ0n) is 8.05. The predicted octanol–water partition coefficient (Wildman–Crippen LogP) is 1.81. The van der Waals surface area contributed by atoms with E-state index in [9.17, 15) is 4.79 Å². The van der Waals surface area contributed by atoms with Crippen LogP contribution in [0.3, 0.4) is 0 Å². The predicted molar refractivity (Wildman–Crippen MR) is 57.5 cm³/mol. The number of aromatic amines is 1. The van der Waals surface area contributed by atoms with Gasteiger partial charge in [0.05, 0.1) is 11.1 Å². The van der Waals surface area contributed by atoms with Crippen LogP contribution in [-0.4, -0.2) is 5.78 Å². The van der Waals surface area contributed by atoms with E-state index in [0.717, 1.165) is 15.9 Å². The number of hydrogen-bond acceptors (Lipinski definition) is 3. The number of rotatable bonds is 1. The third kappa shape index (κ3) is 1.19. The van der Waals surface area contributed by atoms with Gasteiger partial charge in [-0.15, -0.1) is 0 Å². The number of anilines is 1. The van der Waals surface area contributed by atoms with Crippen molar-refractivity contribution < 1.29 is 9.78 Å². The normalized spacial score (nSPS) is 10.7. The highest BCUT2D eigenvalue weighted by atomic mass is 32.1. The third-order valence-corrected chi connectivity index (χ3v) is 3.08. The van der Waals surface area contributed by atoms with Crippen molar-refractivity contribution in [2.45, 2.75) is 13.8 Å². The number of nitrogens with one attached hydrogen (secondary N) is 1. The third-order valence-electron chi connectivity index (χ3n) is 2.25. The van der Waals surface area contributed by atoms with Gasteiger partial charge in [0, 0.05) is 6.92 Å².